The lowest BCUT2D eigenvalue weighted by Gasteiger charge is -2.24. The molecule has 0 aromatic carbocycles. The van der Waals surface area contributed by atoms with Gasteiger partial charge in [0.05, 0.1) is 19.8 Å². The second kappa shape index (κ2) is 16.0. The lowest BCUT2D eigenvalue weighted by molar-refractivity contribution is -0.0673. The second-order valence-corrected chi connectivity index (χ2v) is 8.35. The van der Waals surface area contributed by atoms with Gasteiger partial charge < -0.3 is 28.8 Å². The Kier molecular flexibility index (Phi) is 13.0. The van der Waals surface area contributed by atoms with Crippen molar-refractivity contribution < 1.29 is 43.6 Å². The van der Waals surface area contributed by atoms with Gasteiger partial charge in [0.2, 0.25) is 0 Å². The molecule has 1 aliphatic rings. The molecule has 4 atom stereocenters. The zero-order valence-electron chi connectivity index (χ0n) is 20.8. The standard InChI is InChI=1S/C23H37N3O10/c1-3-5-7-9-13-32-22(29)35-18-16(15-27)34-20(26-12-11-17(25-31)24-21(26)28)19(18)36-23(30)33-14-10-8-6-4-2/h11-12,16,18-20,27,31H,3-10,13-15H2,1-2H3,(H,24,25,28)/t16-,18-,19-,20-/m1/s1. The Morgan fingerprint density at radius 3 is 2.08 bits per heavy atom. The number of anilines is 1. The maximum atomic E-state index is 12.5. The van der Waals surface area contributed by atoms with E-state index in [1.54, 1.807) is 5.48 Å². The Balaban J connectivity index is 2.15. The number of aliphatic hydroxyl groups excluding tert-OH is 1. The molecule has 13 heteroatoms. The van der Waals surface area contributed by atoms with Crippen molar-refractivity contribution in [2.45, 2.75) is 89.8 Å². The number of hydrogen-bond donors (Lipinski definition) is 3. The van der Waals surface area contributed by atoms with Crippen molar-refractivity contribution in [1.82, 2.24) is 9.55 Å². The highest BCUT2D eigenvalue weighted by molar-refractivity contribution is 5.61. The molecular weight excluding hydrogens is 478 g/mol. The smallest absolute Gasteiger partial charge is 0.434 e. The lowest BCUT2D eigenvalue weighted by atomic mass is 10.1. The summed E-state index contributed by atoms with van der Waals surface area (Å²) in [4.78, 5) is 40.9. The van der Waals surface area contributed by atoms with E-state index < -0.39 is 49.1 Å². The van der Waals surface area contributed by atoms with Crippen LogP contribution in [0.3, 0.4) is 0 Å². The maximum Gasteiger partial charge on any atom is 0.508 e. The van der Waals surface area contributed by atoms with Gasteiger partial charge in [-0.05, 0) is 18.9 Å². The van der Waals surface area contributed by atoms with Crippen molar-refractivity contribution in [3.63, 3.8) is 0 Å². The quantitative estimate of drug-likeness (QED) is 0.178. The van der Waals surface area contributed by atoms with Gasteiger partial charge in [0.1, 0.15) is 6.10 Å². The summed E-state index contributed by atoms with van der Waals surface area (Å²) >= 11 is 0. The van der Waals surface area contributed by atoms with Gasteiger partial charge in [0.25, 0.3) is 0 Å². The summed E-state index contributed by atoms with van der Waals surface area (Å²) in [5, 5.41) is 18.8. The first-order chi connectivity index (χ1) is 17.4. The van der Waals surface area contributed by atoms with Crippen molar-refractivity contribution in [3.05, 3.63) is 22.7 Å². The van der Waals surface area contributed by atoms with E-state index in [2.05, 4.69) is 18.8 Å². The van der Waals surface area contributed by atoms with Crippen molar-refractivity contribution in [2.24, 2.45) is 0 Å². The van der Waals surface area contributed by atoms with E-state index in [9.17, 15) is 19.5 Å². The summed E-state index contributed by atoms with van der Waals surface area (Å²) in [6.07, 6.45) is 1.24. The zero-order chi connectivity index (χ0) is 26.3. The predicted molar refractivity (Wildman–Crippen MR) is 126 cm³/mol. The molecule has 0 amide bonds. The number of rotatable bonds is 15. The van der Waals surface area contributed by atoms with Crippen molar-refractivity contribution >= 4 is 18.1 Å². The summed E-state index contributed by atoms with van der Waals surface area (Å²) in [6.45, 7) is 3.79. The number of hydrogen-bond acceptors (Lipinski definition) is 12. The number of ether oxygens (including phenoxy) is 5. The maximum absolute atomic E-state index is 12.5. The summed E-state index contributed by atoms with van der Waals surface area (Å²) in [6, 6.07) is 1.28. The largest absolute Gasteiger partial charge is 0.508 e. The van der Waals surface area contributed by atoms with Gasteiger partial charge in [-0.1, -0.05) is 52.4 Å². The van der Waals surface area contributed by atoms with Crippen LogP contribution in [0.4, 0.5) is 15.4 Å². The molecule has 0 bridgehead atoms. The van der Waals surface area contributed by atoms with Crippen molar-refractivity contribution in [3.8, 4) is 0 Å². The fourth-order valence-corrected chi connectivity index (χ4v) is 3.67. The van der Waals surface area contributed by atoms with Gasteiger partial charge in [-0.15, -0.1) is 0 Å². The first kappa shape index (κ1) is 29.3. The van der Waals surface area contributed by atoms with Gasteiger partial charge in [-0.25, -0.2) is 14.4 Å². The third-order valence-corrected chi connectivity index (χ3v) is 5.58. The first-order valence-electron chi connectivity index (χ1n) is 12.4. The minimum atomic E-state index is -1.36. The fraction of sp³-hybridized carbons (Fsp3) is 0.739. The summed E-state index contributed by atoms with van der Waals surface area (Å²) < 4.78 is 27.7. The van der Waals surface area contributed by atoms with E-state index in [1.807, 2.05) is 0 Å². The third-order valence-electron chi connectivity index (χ3n) is 5.58. The van der Waals surface area contributed by atoms with Crippen LogP contribution in [0.15, 0.2) is 17.1 Å². The van der Waals surface area contributed by atoms with Gasteiger partial charge in [-0.3, -0.25) is 15.3 Å². The molecule has 0 unspecified atom stereocenters. The number of carbonyl (C=O) groups excluding carboxylic acids is 2. The van der Waals surface area contributed by atoms with Gasteiger partial charge in [-0.2, -0.15) is 4.98 Å². The molecule has 1 aromatic heterocycles. The third kappa shape index (κ3) is 8.95. The van der Waals surface area contributed by atoms with Crippen molar-refractivity contribution in [1.29, 1.82) is 0 Å². The highest BCUT2D eigenvalue weighted by Crippen LogP contribution is 2.33. The molecule has 0 saturated carbocycles. The SMILES string of the molecule is CCCCCCOC(=O)O[C@@H]1[C@H](OC(=O)OCCCCCC)[C@@H](CO)O[C@H]1n1ccc(NO)nc1=O. The Labute approximate surface area is 209 Å². The second-order valence-electron chi connectivity index (χ2n) is 8.35. The molecule has 3 N–H and O–H groups in total. The first-order valence-corrected chi connectivity index (χ1v) is 12.4. The van der Waals surface area contributed by atoms with E-state index >= 15 is 0 Å². The van der Waals surface area contributed by atoms with Crippen LogP contribution in [0.1, 0.15) is 71.4 Å². The number of carbonyl (C=O) groups is 2. The Bertz CT molecular complexity index is 865. The molecule has 2 rings (SSSR count). The van der Waals surface area contributed by atoms with Crippen LogP contribution >= 0.6 is 0 Å². The topological polar surface area (TPSA) is 168 Å². The molecular formula is C23H37N3O10. The van der Waals surface area contributed by atoms with Gasteiger partial charge >= 0.3 is 18.0 Å². The fourth-order valence-electron chi connectivity index (χ4n) is 3.67. The van der Waals surface area contributed by atoms with Gasteiger partial charge in [0.15, 0.2) is 24.3 Å². The van der Waals surface area contributed by atoms with Crippen LogP contribution < -0.4 is 11.2 Å². The molecule has 1 saturated heterocycles. The molecule has 1 aliphatic heterocycles. The zero-order valence-corrected chi connectivity index (χ0v) is 20.8. The number of unbranched alkanes of at least 4 members (excludes halogenated alkanes) is 6. The van der Waals surface area contributed by atoms with Crippen LogP contribution in [0.25, 0.3) is 0 Å². The number of nitrogens with one attached hydrogen (secondary N) is 1. The minimum absolute atomic E-state index is 0.114. The van der Waals surface area contributed by atoms with E-state index in [0.717, 1.165) is 43.1 Å². The Morgan fingerprint density at radius 1 is 1.00 bits per heavy atom. The number of aromatic nitrogens is 2. The number of nitrogens with zero attached hydrogens (tertiary/aromatic N) is 2. The molecule has 204 valence electrons. The van der Waals surface area contributed by atoms with Crippen LogP contribution in [-0.2, 0) is 23.7 Å². The number of aliphatic hydroxyl groups is 1. The van der Waals surface area contributed by atoms with Gasteiger partial charge in [0, 0.05) is 6.20 Å². The Hall–Kier alpha value is -2.90. The van der Waals surface area contributed by atoms with Crippen LogP contribution in [0, 0.1) is 0 Å². The molecule has 1 aromatic rings. The predicted octanol–water partition coefficient (Wildman–Crippen LogP) is 3.14. The van der Waals surface area contributed by atoms with E-state index in [4.69, 9.17) is 28.9 Å². The average Bonchev–Trinajstić information content (AvgIpc) is 3.19. The Morgan fingerprint density at radius 2 is 1.58 bits per heavy atom. The molecule has 0 spiro atoms. The summed E-state index contributed by atoms with van der Waals surface area (Å²) in [5.41, 5.74) is 0.907. The van der Waals surface area contributed by atoms with Crippen LogP contribution in [0.2, 0.25) is 0 Å². The average molecular weight is 516 g/mol. The molecule has 2 heterocycles. The van der Waals surface area contributed by atoms with E-state index in [-0.39, 0.29) is 19.0 Å². The minimum Gasteiger partial charge on any atom is -0.434 e. The van der Waals surface area contributed by atoms with E-state index in [1.165, 1.54) is 12.3 Å². The molecule has 0 aliphatic carbocycles. The van der Waals surface area contributed by atoms with Crippen LogP contribution in [0.5, 0.6) is 0 Å². The molecule has 1 fully saturated rings. The molecule has 0 radical (unpaired) electrons. The highest BCUT2D eigenvalue weighted by atomic mass is 16.8. The molecule has 13 nitrogen and oxygen atoms in total. The monoisotopic (exact) mass is 515 g/mol. The van der Waals surface area contributed by atoms with Crippen molar-refractivity contribution in [2.75, 3.05) is 25.3 Å². The van der Waals surface area contributed by atoms with Crippen LogP contribution in [-0.4, -0.2) is 70.3 Å². The highest BCUT2D eigenvalue weighted by Gasteiger charge is 2.51. The summed E-state index contributed by atoms with van der Waals surface area (Å²) in [7, 11) is 0. The molecule has 36 heavy (non-hydrogen) atoms. The normalized spacial score (nSPS) is 21.1. The lowest BCUT2D eigenvalue weighted by Crippen LogP contribution is -2.42. The van der Waals surface area contributed by atoms with E-state index in [0.29, 0.717) is 12.8 Å². The summed E-state index contributed by atoms with van der Waals surface area (Å²) in [5.74, 6) is -0.114.